The Labute approximate surface area is 149 Å². The number of benzene rings is 2. The predicted molar refractivity (Wildman–Crippen MR) is 99.2 cm³/mol. The number of rotatable bonds is 3. The molecule has 25 heavy (non-hydrogen) atoms. The zero-order valence-electron chi connectivity index (χ0n) is 13.6. The van der Waals surface area contributed by atoms with Gasteiger partial charge in [0.05, 0.1) is 5.69 Å². The molecule has 0 spiro atoms. The van der Waals surface area contributed by atoms with Crippen molar-refractivity contribution in [1.29, 1.82) is 0 Å². The van der Waals surface area contributed by atoms with Gasteiger partial charge < -0.3 is 5.32 Å². The fourth-order valence-corrected chi connectivity index (χ4v) is 5.63. The van der Waals surface area contributed by atoms with Crippen LogP contribution in [0, 0.1) is 12.7 Å². The molecule has 2 aromatic carbocycles. The number of hydrogen-bond acceptors (Lipinski definition) is 4. The van der Waals surface area contributed by atoms with Crippen LogP contribution in [0.25, 0.3) is 10.1 Å². The molecule has 0 saturated heterocycles. The minimum atomic E-state index is -3.83. The Morgan fingerprint density at radius 2 is 2.08 bits per heavy atom. The molecule has 1 aromatic heterocycles. The monoisotopic (exact) mass is 376 g/mol. The van der Waals surface area contributed by atoms with Gasteiger partial charge in [0.1, 0.15) is 4.21 Å². The van der Waals surface area contributed by atoms with Crippen molar-refractivity contribution in [2.45, 2.75) is 24.1 Å². The molecule has 0 unspecified atom stereocenters. The molecule has 7 heteroatoms. The van der Waals surface area contributed by atoms with E-state index in [1.165, 1.54) is 17.4 Å². The highest BCUT2D eigenvalue weighted by Crippen LogP contribution is 2.33. The van der Waals surface area contributed by atoms with E-state index in [0.717, 1.165) is 21.2 Å². The second-order valence-corrected chi connectivity index (χ2v) is 9.12. The highest BCUT2D eigenvalue weighted by atomic mass is 32.2. The fourth-order valence-electron chi connectivity index (χ4n) is 3.13. The van der Waals surface area contributed by atoms with Crippen LogP contribution in [0.2, 0.25) is 0 Å². The van der Waals surface area contributed by atoms with Crippen molar-refractivity contribution >= 4 is 37.1 Å². The summed E-state index contributed by atoms with van der Waals surface area (Å²) in [7, 11) is -3.83. The average Bonchev–Trinajstić information content (AvgIpc) is 3.04. The van der Waals surface area contributed by atoms with Crippen LogP contribution in [0.15, 0.2) is 40.6 Å². The van der Waals surface area contributed by atoms with Crippen molar-refractivity contribution in [3.05, 3.63) is 58.9 Å². The average molecular weight is 376 g/mol. The molecule has 1 aliphatic heterocycles. The van der Waals surface area contributed by atoms with Crippen LogP contribution in [-0.2, 0) is 23.0 Å². The molecule has 1 aliphatic rings. The van der Waals surface area contributed by atoms with Gasteiger partial charge in [-0.3, -0.25) is 4.72 Å². The molecule has 0 radical (unpaired) electrons. The van der Waals surface area contributed by atoms with Crippen LogP contribution in [0.1, 0.15) is 16.7 Å². The summed E-state index contributed by atoms with van der Waals surface area (Å²) in [4.78, 5) is 0. The standard InChI is InChI=1S/C18H17FN2O2S2/c1-11-3-2-4-12-9-16(24-18(11)12)25(22,23)21-15-6-5-13-10-20-8-7-14(13)17(15)19/h2-6,9,20-21H,7-8,10H2,1H3. The van der Waals surface area contributed by atoms with E-state index in [4.69, 9.17) is 0 Å². The van der Waals surface area contributed by atoms with E-state index in [2.05, 4.69) is 10.0 Å². The number of nitrogens with one attached hydrogen (secondary N) is 2. The molecule has 2 heterocycles. The van der Waals surface area contributed by atoms with E-state index in [9.17, 15) is 12.8 Å². The second kappa shape index (κ2) is 6.09. The topological polar surface area (TPSA) is 58.2 Å². The minimum absolute atomic E-state index is 0.00910. The van der Waals surface area contributed by atoms with Gasteiger partial charge in [-0.15, -0.1) is 11.3 Å². The predicted octanol–water partition coefficient (Wildman–Crippen LogP) is 3.80. The van der Waals surface area contributed by atoms with Gasteiger partial charge in [-0.05, 0) is 54.1 Å². The second-order valence-electron chi connectivity index (χ2n) is 6.16. The van der Waals surface area contributed by atoms with Gasteiger partial charge in [0.25, 0.3) is 10.0 Å². The fraction of sp³-hybridized carbons (Fsp3) is 0.222. The zero-order chi connectivity index (χ0) is 17.6. The van der Waals surface area contributed by atoms with Crippen LogP contribution in [-0.4, -0.2) is 15.0 Å². The smallest absolute Gasteiger partial charge is 0.271 e. The Bertz CT molecular complexity index is 1070. The third-order valence-corrected chi connectivity index (χ3v) is 7.56. The van der Waals surface area contributed by atoms with Crippen LogP contribution >= 0.6 is 11.3 Å². The van der Waals surface area contributed by atoms with Gasteiger partial charge in [-0.25, -0.2) is 12.8 Å². The highest BCUT2D eigenvalue weighted by Gasteiger charge is 2.22. The summed E-state index contributed by atoms with van der Waals surface area (Å²) < 4.78 is 43.7. The van der Waals surface area contributed by atoms with Gasteiger partial charge in [0.15, 0.2) is 5.82 Å². The molecule has 0 saturated carbocycles. The van der Waals surface area contributed by atoms with Gasteiger partial charge in [0, 0.05) is 11.2 Å². The van der Waals surface area contributed by atoms with Crippen LogP contribution in [0.5, 0.6) is 0 Å². The summed E-state index contributed by atoms with van der Waals surface area (Å²) in [5.74, 6) is -0.472. The van der Waals surface area contributed by atoms with Crippen molar-refractivity contribution in [2.24, 2.45) is 0 Å². The number of sulfonamides is 1. The van der Waals surface area contributed by atoms with E-state index < -0.39 is 15.8 Å². The minimum Gasteiger partial charge on any atom is -0.312 e. The van der Waals surface area contributed by atoms with Crippen LogP contribution in [0.3, 0.4) is 0 Å². The van der Waals surface area contributed by atoms with Crippen molar-refractivity contribution in [3.63, 3.8) is 0 Å². The van der Waals surface area contributed by atoms with E-state index in [0.29, 0.717) is 25.1 Å². The maximum absolute atomic E-state index is 14.7. The van der Waals surface area contributed by atoms with Crippen LogP contribution < -0.4 is 10.0 Å². The maximum atomic E-state index is 14.7. The summed E-state index contributed by atoms with van der Waals surface area (Å²) in [6, 6.07) is 10.6. The van der Waals surface area contributed by atoms with Crippen molar-refractivity contribution in [1.82, 2.24) is 5.32 Å². The lowest BCUT2D eigenvalue weighted by molar-refractivity contribution is 0.570. The molecule has 0 fully saturated rings. The van der Waals surface area contributed by atoms with E-state index in [1.54, 1.807) is 12.1 Å². The van der Waals surface area contributed by atoms with Crippen molar-refractivity contribution in [3.8, 4) is 0 Å². The summed E-state index contributed by atoms with van der Waals surface area (Å²) >= 11 is 1.20. The largest absolute Gasteiger partial charge is 0.312 e. The lowest BCUT2D eigenvalue weighted by Gasteiger charge is -2.19. The number of aryl methyl sites for hydroxylation is 1. The van der Waals surface area contributed by atoms with Crippen LogP contribution in [0.4, 0.5) is 10.1 Å². The first kappa shape index (κ1) is 16.5. The van der Waals surface area contributed by atoms with Gasteiger partial charge in [0.2, 0.25) is 0 Å². The molecule has 130 valence electrons. The Balaban J connectivity index is 1.72. The van der Waals surface area contributed by atoms with E-state index in [1.807, 2.05) is 25.1 Å². The van der Waals surface area contributed by atoms with Crippen molar-refractivity contribution in [2.75, 3.05) is 11.3 Å². The lowest BCUT2D eigenvalue weighted by Crippen LogP contribution is -2.25. The number of hydrogen-bond donors (Lipinski definition) is 2. The molecular formula is C18H17FN2O2S2. The molecular weight excluding hydrogens is 359 g/mol. The molecule has 2 N–H and O–H groups in total. The van der Waals surface area contributed by atoms with E-state index >= 15 is 0 Å². The zero-order valence-corrected chi connectivity index (χ0v) is 15.2. The number of thiophene rings is 1. The number of halogens is 1. The van der Waals surface area contributed by atoms with Gasteiger partial charge >= 0.3 is 0 Å². The van der Waals surface area contributed by atoms with Crippen molar-refractivity contribution < 1.29 is 12.8 Å². The Hall–Kier alpha value is -1.96. The summed E-state index contributed by atoms with van der Waals surface area (Å²) in [5.41, 5.74) is 2.50. The number of anilines is 1. The Morgan fingerprint density at radius 1 is 1.24 bits per heavy atom. The third kappa shape index (κ3) is 2.92. The Kier molecular flexibility index (Phi) is 4.02. The molecule has 0 bridgehead atoms. The molecule has 0 amide bonds. The number of fused-ring (bicyclic) bond motifs is 2. The third-order valence-electron chi connectivity index (χ3n) is 4.43. The molecule has 4 rings (SSSR count). The molecule has 0 atom stereocenters. The summed E-state index contributed by atoms with van der Waals surface area (Å²) in [6.45, 7) is 3.24. The Morgan fingerprint density at radius 3 is 2.88 bits per heavy atom. The van der Waals surface area contributed by atoms with Gasteiger partial charge in [-0.1, -0.05) is 24.3 Å². The maximum Gasteiger partial charge on any atom is 0.271 e. The molecule has 0 aliphatic carbocycles. The molecule has 4 nitrogen and oxygen atoms in total. The lowest BCUT2D eigenvalue weighted by atomic mass is 10.00. The first-order chi connectivity index (χ1) is 12.0. The molecule has 3 aromatic rings. The first-order valence-corrected chi connectivity index (χ1v) is 10.3. The van der Waals surface area contributed by atoms with Gasteiger partial charge in [-0.2, -0.15) is 0 Å². The summed E-state index contributed by atoms with van der Waals surface area (Å²) in [6.07, 6.45) is 0.554. The normalized spacial score (nSPS) is 14.5. The van der Waals surface area contributed by atoms with E-state index in [-0.39, 0.29) is 9.90 Å². The summed E-state index contributed by atoms with van der Waals surface area (Å²) in [5, 5.41) is 4.06. The quantitative estimate of drug-likeness (QED) is 0.731. The SMILES string of the molecule is Cc1cccc2cc(S(=O)(=O)Nc3ccc4c(c3F)CCNC4)sc12. The highest BCUT2D eigenvalue weighted by molar-refractivity contribution is 7.94. The first-order valence-electron chi connectivity index (χ1n) is 7.99.